The summed E-state index contributed by atoms with van der Waals surface area (Å²) in [7, 11) is 0. The van der Waals surface area contributed by atoms with Gasteiger partial charge in [-0.25, -0.2) is 4.98 Å². The smallest absolute Gasteiger partial charge is 0.303 e. The molecule has 0 saturated heterocycles. The van der Waals surface area contributed by atoms with E-state index < -0.39 is 5.97 Å². The van der Waals surface area contributed by atoms with E-state index in [1.165, 1.54) is 0 Å². The summed E-state index contributed by atoms with van der Waals surface area (Å²) >= 11 is 0. The van der Waals surface area contributed by atoms with E-state index in [-0.39, 0.29) is 6.42 Å². The van der Waals surface area contributed by atoms with E-state index >= 15 is 0 Å². The molecule has 0 spiro atoms. The minimum absolute atomic E-state index is 0.176. The largest absolute Gasteiger partial charge is 0.481 e. The zero-order chi connectivity index (χ0) is 10.4. The molecule has 1 heterocycles. The van der Waals surface area contributed by atoms with Gasteiger partial charge in [-0.05, 0) is 18.6 Å². The first-order valence-electron chi connectivity index (χ1n) is 4.35. The number of aromatic nitrogens is 1. The predicted molar refractivity (Wildman–Crippen MR) is 54.0 cm³/mol. The molecule has 0 aliphatic rings. The van der Waals surface area contributed by atoms with Crippen LogP contribution in [0.4, 0.5) is 11.5 Å². The van der Waals surface area contributed by atoms with E-state index in [2.05, 4.69) is 10.3 Å². The van der Waals surface area contributed by atoms with Gasteiger partial charge in [-0.3, -0.25) is 4.79 Å². The number of nitrogen functional groups attached to an aromatic ring is 1. The lowest BCUT2D eigenvalue weighted by Gasteiger charge is -2.04. The number of hydrogen-bond donors (Lipinski definition) is 3. The molecule has 1 rings (SSSR count). The Bertz CT molecular complexity index is 297. The molecule has 0 aliphatic heterocycles. The summed E-state index contributed by atoms with van der Waals surface area (Å²) in [4.78, 5) is 14.1. The topological polar surface area (TPSA) is 88.2 Å². The van der Waals surface area contributed by atoms with E-state index in [1.54, 1.807) is 12.3 Å². The summed E-state index contributed by atoms with van der Waals surface area (Å²) < 4.78 is 0. The van der Waals surface area contributed by atoms with Gasteiger partial charge in [0.05, 0.1) is 11.9 Å². The fraction of sp³-hybridized carbons (Fsp3) is 0.333. The summed E-state index contributed by atoms with van der Waals surface area (Å²) in [5.74, 6) is -0.302. The normalized spacial score (nSPS) is 9.71. The van der Waals surface area contributed by atoms with Gasteiger partial charge in [0, 0.05) is 13.0 Å². The fourth-order valence-electron chi connectivity index (χ4n) is 0.982. The lowest BCUT2D eigenvalue weighted by molar-refractivity contribution is -0.137. The monoisotopic (exact) mass is 195 g/mol. The number of nitrogens with zero attached hydrogens (tertiary/aromatic N) is 1. The van der Waals surface area contributed by atoms with E-state index in [0.29, 0.717) is 18.8 Å². The molecule has 0 atom stereocenters. The van der Waals surface area contributed by atoms with Gasteiger partial charge in [0.25, 0.3) is 0 Å². The maximum Gasteiger partial charge on any atom is 0.303 e. The predicted octanol–water partition coefficient (Wildman–Crippen LogP) is 0.940. The molecular weight excluding hydrogens is 182 g/mol. The van der Waals surface area contributed by atoms with Crippen LogP contribution in [-0.4, -0.2) is 22.6 Å². The number of carboxylic acids is 1. The fourth-order valence-corrected chi connectivity index (χ4v) is 0.982. The van der Waals surface area contributed by atoms with Crippen molar-refractivity contribution in [2.45, 2.75) is 12.8 Å². The van der Waals surface area contributed by atoms with E-state index in [1.807, 2.05) is 6.07 Å². The quantitative estimate of drug-likeness (QED) is 0.608. The molecule has 0 bridgehead atoms. The molecule has 0 saturated carbocycles. The van der Waals surface area contributed by atoms with Crippen LogP contribution in [0.1, 0.15) is 12.8 Å². The van der Waals surface area contributed by atoms with Crippen molar-refractivity contribution in [3.8, 4) is 0 Å². The van der Waals surface area contributed by atoms with Crippen molar-refractivity contribution in [3.63, 3.8) is 0 Å². The molecule has 0 amide bonds. The Kier molecular flexibility index (Phi) is 3.72. The van der Waals surface area contributed by atoms with Crippen molar-refractivity contribution in [2.24, 2.45) is 0 Å². The molecule has 0 unspecified atom stereocenters. The number of aliphatic carboxylic acids is 1. The van der Waals surface area contributed by atoms with Gasteiger partial charge >= 0.3 is 5.97 Å². The summed E-state index contributed by atoms with van der Waals surface area (Å²) in [5, 5.41) is 11.4. The first-order valence-corrected chi connectivity index (χ1v) is 4.35. The van der Waals surface area contributed by atoms with Crippen LogP contribution in [0.25, 0.3) is 0 Å². The number of nitrogens with two attached hydrogens (primary N) is 1. The van der Waals surface area contributed by atoms with Gasteiger partial charge in [-0.15, -0.1) is 0 Å². The highest BCUT2D eigenvalue weighted by Crippen LogP contribution is 2.06. The molecule has 1 aromatic rings. The Balaban J connectivity index is 2.25. The third kappa shape index (κ3) is 3.75. The highest BCUT2D eigenvalue weighted by molar-refractivity contribution is 5.66. The van der Waals surface area contributed by atoms with E-state index in [9.17, 15) is 4.79 Å². The number of pyridine rings is 1. The van der Waals surface area contributed by atoms with Crippen molar-refractivity contribution < 1.29 is 9.90 Å². The number of carbonyl (C=O) groups is 1. The van der Waals surface area contributed by atoms with Crippen LogP contribution in [0.3, 0.4) is 0 Å². The first kappa shape index (κ1) is 10.3. The van der Waals surface area contributed by atoms with Crippen molar-refractivity contribution in [3.05, 3.63) is 18.3 Å². The molecule has 5 nitrogen and oxygen atoms in total. The van der Waals surface area contributed by atoms with Crippen molar-refractivity contribution in [1.29, 1.82) is 0 Å². The van der Waals surface area contributed by atoms with Crippen LogP contribution in [0, 0.1) is 0 Å². The molecule has 1 aromatic heterocycles. The second-order valence-electron chi connectivity index (χ2n) is 2.90. The third-order valence-corrected chi connectivity index (χ3v) is 1.68. The summed E-state index contributed by atoms with van der Waals surface area (Å²) in [6.45, 7) is 0.623. The lowest BCUT2D eigenvalue weighted by atomic mass is 10.3. The van der Waals surface area contributed by atoms with Gasteiger partial charge in [0.1, 0.15) is 5.82 Å². The molecule has 0 fully saturated rings. The molecule has 5 heteroatoms. The molecule has 4 N–H and O–H groups in total. The van der Waals surface area contributed by atoms with Gasteiger partial charge in [-0.1, -0.05) is 0 Å². The number of anilines is 2. The Hall–Kier alpha value is -1.78. The average molecular weight is 195 g/mol. The van der Waals surface area contributed by atoms with Crippen LogP contribution in [0.5, 0.6) is 0 Å². The summed E-state index contributed by atoms with van der Waals surface area (Å²) in [6, 6.07) is 3.50. The number of rotatable bonds is 5. The minimum atomic E-state index is -0.776. The van der Waals surface area contributed by atoms with Gasteiger partial charge in [-0.2, -0.15) is 0 Å². The Morgan fingerprint density at radius 1 is 1.57 bits per heavy atom. The zero-order valence-electron chi connectivity index (χ0n) is 7.73. The van der Waals surface area contributed by atoms with Gasteiger partial charge in [0.15, 0.2) is 0 Å². The standard InChI is InChI=1S/C9H13N3O2/c10-8-4-3-7(6-12-8)11-5-1-2-9(13)14/h3-4,6,11H,1-2,5H2,(H2,10,12)(H,13,14). The van der Waals surface area contributed by atoms with Crippen molar-refractivity contribution in [2.75, 3.05) is 17.6 Å². The molecule has 76 valence electrons. The Labute approximate surface area is 82.0 Å². The second kappa shape index (κ2) is 5.06. The number of nitrogens with one attached hydrogen (secondary N) is 1. The van der Waals surface area contributed by atoms with Crippen LogP contribution in [0.15, 0.2) is 18.3 Å². The van der Waals surface area contributed by atoms with Crippen molar-refractivity contribution in [1.82, 2.24) is 4.98 Å². The van der Waals surface area contributed by atoms with Crippen LogP contribution < -0.4 is 11.1 Å². The minimum Gasteiger partial charge on any atom is -0.481 e. The van der Waals surface area contributed by atoms with Crippen LogP contribution >= 0.6 is 0 Å². The maximum atomic E-state index is 10.2. The van der Waals surface area contributed by atoms with E-state index in [4.69, 9.17) is 10.8 Å². The van der Waals surface area contributed by atoms with Crippen LogP contribution in [0.2, 0.25) is 0 Å². The third-order valence-electron chi connectivity index (χ3n) is 1.68. The summed E-state index contributed by atoms with van der Waals surface area (Å²) in [5.41, 5.74) is 6.26. The second-order valence-corrected chi connectivity index (χ2v) is 2.90. The maximum absolute atomic E-state index is 10.2. The van der Waals surface area contributed by atoms with Crippen LogP contribution in [-0.2, 0) is 4.79 Å². The Morgan fingerprint density at radius 3 is 2.93 bits per heavy atom. The van der Waals surface area contributed by atoms with Gasteiger partial charge < -0.3 is 16.2 Å². The molecule has 0 aromatic carbocycles. The first-order chi connectivity index (χ1) is 6.68. The number of hydrogen-bond acceptors (Lipinski definition) is 4. The highest BCUT2D eigenvalue weighted by Gasteiger charge is 1.96. The lowest BCUT2D eigenvalue weighted by Crippen LogP contribution is -2.05. The highest BCUT2D eigenvalue weighted by atomic mass is 16.4. The van der Waals surface area contributed by atoms with Crippen molar-refractivity contribution >= 4 is 17.5 Å². The van der Waals surface area contributed by atoms with E-state index in [0.717, 1.165) is 5.69 Å². The zero-order valence-corrected chi connectivity index (χ0v) is 7.73. The average Bonchev–Trinajstić information content (AvgIpc) is 2.15. The molecule has 0 radical (unpaired) electrons. The molecule has 0 aliphatic carbocycles. The molecular formula is C9H13N3O2. The SMILES string of the molecule is Nc1ccc(NCCCC(=O)O)cn1. The Morgan fingerprint density at radius 2 is 2.36 bits per heavy atom. The number of carboxylic acid groups (broad SMARTS) is 1. The van der Waals surface area contributed by atoms with Gasteiger partial charge in [0.2, 0.25) is 0 Å². The molecule has 14 heavy (non-hydrogen) atoms. The summed E-state index contributed by atoms with van der Waals surface area (Å²) in [6.07, 6.45) is 2.39.